The summed E-state index contributed by atoms with van der Waals surface area (Å²) < 4.78 is 0. The monoisotopic (exact) mass is 192 g/mol. The SMILES string of the molecule is Cc1cc(NC2CC(N)C2)nc(C)n1. The quantitative estimate of drug-likeness (QED) is 0.733. The zero-order valence-electron chi connectivity index (χ0n) is 8.62. The number of nitrogens with one attached hydrogen (secondary N) is 1. The van der Waals surface area contributed by atoms with Crippen molar-refractivity contribution in [2.75, 3.05) is 5.32 Å². The average Bonchev–Trinajstić information content (AvgIpc) is 1.99. The summed E-state index contributed by atoms with van der Waals surface area (Å²) in [7, 11) is 0. The first-order valence-electron chi connectivity index (χ1n) is 4.98. The minimum Gasteiger partial charge on any atom is -0.367 e. The molecule has 14 heavy (non-hydrogen) atoms. The standard InChI is InChI=1S/C10H16N4/c1-6-3-10(13-7(2)12-6)14-9-4-8(11)5-9/h3,8-9H,4-5,11H2,1-2H3,(H,12,13,14). The number of anilines is 1. The number of nitrogens with zero attached hydrogens (tertiary/aromatic N) is 2. The Kier molecular flexibility index (Phi) is 2.37. The van der Waals surface area contributed by atoms with Gasteiger partial charge in [-0.1, -0.05) is 0 Å². The molecule has 4 nitrogen and oxygen atoms in total. The molecule has 1 aromatic rings. The van der Waals surface area contributed by atoms with E-state index in [1.807, 2.05) is 19.9 Å². The normalized spacial score (nSPS) is 25.6. The molecule has 0 atom stereocenters. The Morgan fingerprint density at radius 2 is 2.07 bits per heavy atom. The molecule has 0 unspecified atom stereocenters. The molecule has 0 radical (unpaired) electrons. The Morgan fingerprint density at radius 3 is 2.64 bits per heavy atom. The van der Waals surface area contributed by atoms with Crippen molar-refractivity contribution >= 4 is 5.82 Å². The van der Waals surface area contributed by atoms with Gasteiger partial charge in [0.15, 0.2) is 0 Å². The van der Waals surface area contributed by atoms with Gasteiger partial charge in [-0.15, -0.1) is 0 Å². The third-order valence-electron chi connectivity index (χ3n) is 2.49. The number of hydrogen-bond donors (Lipinski definition) is 2. The zero-order valence-corrected chi connectivity index (χ0v) is 8.62. The van der Waals surface area contributed by atoms with Crippen LogP contribution in [0.25, 0.3) is 0 Å². The Balaban J connectivity index is 2.02. The Bertz CT molecular complexity index is 311. The van der Waals surface area contributed by atoms with Crippen LogP contribution in [0.1, 0.15) is 24.4 Å². The first-order chi connectivity index (χ1) is 6.63. The maximum atomic E-state index is 5.71. The molecule has 1 aliphatic rings. The number of hydrogen-bond acceptors (Lipinski definition) is 4. The molecule has 76 valence electrons. The molecule has 0 bridgehead atoms. The van der Waals surface area contributed by atoms with Crippen molar-refractivity contribution in [3.8, 4) is 0 Å². The molecule has 1 fully saturated rings. The van der Waals surface area contributed by atoms with E-state index >= 15 is 0 Å². The van der Waals surface area contributed by atoms with Crippen molar-refractivity contribution in [3.05, 3.63) is 17.6 Å². The topological polar surface area (TPSA) is 63.8 Å². The van der Waals surface area contributed by atoms with Crippen molar-refractivity contribution in [1.82, 2.24) is 9.97 Å². The molecule has 4 heteroatoms. The minimum atomic E-state index is 0.372. The third kappa shape index (κ3) is 2.01. The molecule has 0 saturated heterocycles. The smallest absolute Gasteiger partial charge is 0.130 e. The second-order valence-corrected chi connectivity index (χ2v) is 4.01. The largest absolute Gasteiger partial charge is 0.367 e. The van der Waals surface area contributed by atoms with Gasteiger partial charge in [0.05, 0.1) is 0 Å². The van der Waals surface area contributed by atoms with E-state index in [0.717, 1.165) is 30.2 Å². The highest BCUT2D eigenvalue weighted by molar-refractivity contribution is 5.37. The molecule has 1 saturated carbocycles. The van der Waals surface area contributed by atoms with Gasteiger partial charge in [0.1, 0.15) is 11.6 Å². The van der Waals surface area contributed by atoms with E-state index < -0.39 is 0 Å². The molecule has 0 spiro atoms. The summed E-state index contributed by atoms with van der Waals surface area (Å²) in [6.07, 6.45) is 2.09. The molecule has 1 aromatic heterocycles. The molecule has 3 N–H and O–H groups in total. The maximum Gasteiger partial charge on any atom is 0.130 e. The van der Waals surface area contributed by atoms with E-state index in [1.165, 1.54) is 0 Å². The third-order valence-corrected chi connectivity index (χ3v) is 2.49. The summed E-state index contributed by atoms with van der Waals surface area (Å²) in [6, 6.07) is 2.84. The summed E-state index contributed by atoms with van der Waals surface area (Å²) in [5.41, 5.74) is 6.71. The molecule has 0 aromatic carbocycles. The molecule has 1 heterocycles. The second-order valence-electron chi connectivity index (χ2n) is 4.01. The van der Waals surface area contributed by atoms with Crippen LogP contribution in [0, 0.1) is 13.8 Å². The van der Waals surface area contributed by atoms with Gasteiger partial charge in [-0.2, -0.15) is 0 Å². The fraction of sp³-hybridized carbons (Fsp3) is 0.600. The molecule has 0 aliphatic heterocycles. The van der Waals surface area contributed by atoms with Crippen LogP contribution in [0.15, 0.2) is 6.07 Å². The lowest BCUT2D eigenvalue weighted by Gasteiger charge is -2.33. The van der Waals surface area contributed by atoms with Crippen molar-refractivity contribution in [2.45, 2.75) is 38.8 Å². The number of rotatable bonds is 2. The molecular weight excluding hydrogens is 176 g/mol. The maximum absolute atomic E-state index is 5.71. The van der Waals surface area contributed by atoms with E-state index in [4.69, 9.17) is 5.73 Å². The van der Waals surface area contributed by atoms with E-state index in [-0.39, 0.29) is 0 Å². The Hall–Kier alpha value is -1.16. The summed E-state index contributed by atoms with van der Waals surface area (Å²) in [6.45, 7) is 3.89. The van der Waals surface area contributed by atoms with Gasteiger partial charge in [-0.3, -0.25) is 0 Å². The van der Waals surface area contributed by atoms with Crippen molar-refractivity contribution < 1.29 is 0 Å². The van der Waals surface area contributed by atoms with Crippen LogP contribution in [0.3, 0.4) is 0 Å². The Morgan fingerprint density at radius 1 is 1.36 bits per heavy atom. The summed E-state index contributed by atoms with van der Waals surface area (Å²) in [5, 5.41) is 3.36. The predicted octanol–water partition coefficient (Wildman–Crippen LogP) is 0.995. The van der Waals surface area contributed by atoms with E-state index in [9.17, 15) is 0 Å². The lowest BCUT2D eigenvalue weighted by atomic mass is 9.88. The van der Waals surface area contributed by atoms with Crippen LogP contribution < -0.4 is 11.1 Å². The lowest BCUT2D eigenvalue weighted by Crippen LogP contribution is -2.44. The van der Waals surface area contributed by atoms with E-state index in [0.29, 0.717) is 12.1 Å². The van der Waals surface area contributed by atoms with Gasteiger partial charge in [0.2, 0.25) is 0 Å². The first kappa shape index (κ1) is 9.40. The van der Waals surface area contributed by atoms with Gasteiger partial charge >= 0.3 is 0 Å². The van der Waals surface area contributed by atoms with Crippen LogP contribution in [0.2, 0.25) is 0 Å². The van der Waals surface area contributed by atoms with Gasteiger partial charge in [-0.05, 0) is 26.7 Å². The molecule has 0 amide bonds. The van der Waals surface area contributed by atoms with Crippen LogP contribution in [-0.2, 0) is 0 Å². The van der Waals surface area contributed by atoms with Crippen molar-refractivity contribution in [1.29, 1.82) is 0 Å². The second kappa shape index (κ2) is 3.53. The summed E-state index contributed by atoms with van der Waals surface area (Å²) in [5.74, 6) is 1.74. The number of aromatic nitrogens is 2. The van der Waals surface area contributed by atoms with Crippen LogP contribution in [0.5, 0.6) is 0 Å². The lowest BCUT2D eigenvalue weighted by molar-refractivity contribution is 0.373. The Labute approximate surface area is 83.9 Å². The predicted molar refractivity (Wildman–Crippen MR) is 56.1 cm³/mol. The van der Waals surface area contributed by atoms with Gasteiger partial charge in [-0.25, -0.2) is 9.97 Å². The van der Waals surface area contributed by atoms with Crippen molar-refractivity contribution in [2.24, 2.45) is 5.73 Å². The highest BCUT2D eigenvalue weighted by Crippen LogP contribution is 2.21. The fourth-order valence-corrected chi connectivity index (χ4v) is 1.78. The average molecular weight is 192 g/mol. The molecule has 2 rings (SSSR count). The minimum absolute atomic E-state index is 0.372. The van der Waals surface area contributed by atoms with Gasteiger partial charge in [0.25, 0.3) is 0 Å². The number of aryl methyl sites for hydroxylation is 2. The van der Waals surface area contributed by atoms with E-state index in [2.05, 4.69) is 15.3 Å². The zero-order chi connectivity index (χ0) is 10.1. The van der Waals surface area contributed by atoms with Gasteiger partial charge in [0, 0.05) is 23.8 Å². The van der Waals surface area contributed by atoms with Crippen LogP contribution in [-0.4, -0.2) is 22.1 Å². The highest BCUT2D eigenvalue weighted by Gasteiger charge is 2.25. The summed E-state index contributed by atoms with van der Waals surface area (Å²) in [4.78, 5) is 8.54. The van der Waals surface area contributed by atoms with E-state index in [1.54, 1.807) is 0 Å². The first-order valence-corrected chi connectivity index (χ1v) is 4.98. The fourth-order valence-electron chi connectivity index (χ4n) is 1.78. The van der Waals surface area contributed by atoms with Crippen molar-refractivity contribution in [3.63, 3.8) is 0 Å². The molecule has 1 aliphatic carbocycles. The van der Waals surface area contributed by atoms with Crippen LogP contribution in [0.4, 0.5) is 5.82 Å². The van der Waals surface area contributed by atoms with Gasteiger partial charge < -0.3 is 11.1 Å². The molecular formula is C10H16N4. The number of nitrogens with two attached hydrogens (primary N) is 1. The summed E-state index contributed by atoms with van der Waals surface area (Å²) >= 11 is 0. The van der Waals surface area contributed by atoms with Crippen LogP contribution >= 0.6 is 0 Å². The highest BCUT2D eigenvalue weighted by atomic mass is 15.1.